The van der Waals surface area contributed by atoms with Crippen LogP contribution in [0.4, 0.5) is 0 Å². The van der Waals surface area contributed by atoms with Gasteiger partial charge >= 0.3 is 0 Å². The van der Waals surface area contributed by atoms with Gasteiger partial charge in [-0.05, 0) is 40.2 Å². The van der Waals surface area contributed by atoms with Crippen molar-refractivity contribution < 1.29 is 5.11 Å². The van der Waals surface area contributed by atoms with Crippen molar-refractivity contribution in [3.8, 4) is 17.1 Å². The van der Waals surface area contributed by atoms with Crippen LogP contribution < -0.4 is 0 Å². The maximum absolute atomic E-state index is 10.1. The summed E-state index contributed by atoms with van der Waals surface area (Å²) < 4.78 is 3.03. The fraction of sp³-hybridized carbons (Fsp3) is 0. The molecule has 0 atom stereocenters. The monoisotopic (exact) mass is 367 g/mol. The van der Waals surface area contributed by atoms with Gasteiger partial charge in [-0.25, -0.2) is 4.98 Å². The van der Waals surface area contributed by atoms with Crippen LogP contribution in [0, 0.1) is 0 Å². The van der Waals surface area contributed by atoms with Gasteiger partial charge in [-0.3, -0.25) is 0 Å². The van der Waals surface area contributed by atoms with Gasteiger partial charge in [-0.15, -0.1) is 0 Å². The van der Waals surface area contributed by atoms with E-state index in [1.807, 2.05) is 24.3 Å². The standard InChI is InChI=1S/C12H7Br2N3O/c13-8-3-1-7(2-4-8)11-12(18)17-10(15-11)6-5-9(14)16-17/h1-6,18H. The molecule has 4 nitrogen and oxygen atoms in total. The summed E-state index contributed by atoms with van der Waals surface area (Å²) >= 11 is 6.64. The molecule has 0 radical (unpaired) electrons. The zero-order valence-electron chi connectivity index (χ0n) is 9.01. The number of hydrogen-bond acceptors (Lipinski definition) is 3. The first-order valence-electron chi connectivity index (χ1n) is 5.15. The quantitative estimate of drug-likeness (QED) is 0.713. The molecule has 2 heterocycles. The van der Waals surface area contributed by atoms with E-state index < -0.39 is 0 Å². The third-order valence-corrected chi connectivity index (χ3v) is 3.49. The van der Waals surface area contributed by atoms with E-state index in [9.17, 15) is 5.11 Å². The van der Waals surface area contributed by atoms with Gasteiger partial charge in [0.15, 0.2) is 5.65 Å². The highest BCUT2D eigenvalue weighted by Crippen LogP contribution is 2.30. The number of benzene rings is 1. The third kappa shape index (κ3) is 1.91. The van der Waals surface area contributed by atoms with Gasteiger partial charge < -0.3 is 5.11 Å². The lowest BCUT2D eigenvalue weighted by molar-refractivity contribution is 0.440. The second-order valence-corrected chi connectivity index (χ2v) is 5.45. The molecule has 0 bridgehead atoms. The van der Waals surface area contributed by atoms with Gasteiger partial charge in [0.25, 0.3) is 0 Å². The van der Waals surface area contributed by atoms with Gasteiger partial charge in [-0.1, -0.05) is 28.1 Å². The molecule has 0 aliphatic rings. The largest absolute Gasteiger partial charge is 0.492 e. The Morgan fingerprint density at radius 1 is 1.00 bits per heavy atom. The minimum Gasteiger partial charge on any atom is -0.492 e. The average Bonchev–Trinajstić information content (AvgIpc) is 2.68. The maximum atomic E-state index is 10.1. The molecule has 0 aliphatic heterocycles. The van der Waals surface area contributed by atoms with Crippen LogP contribution in [-0.2, 0) is 0 Å². The topological polar surface area (TPSA) is 50.4 Å². The van der Waals surface area contributed by atoms with Gasteiger partial charge in [0.2, 0.25) is 5.88 Å². The zero-order chi connectivity index (χ0) is 12.7. The van der Waals surface area contributed by atoms with Gasteiger partial charge in [0.1, 0.15) is 10.3 Å². The molecule has 1 aromatic carbocycles. The minimum absolute atomic E-state index is 0.0358. The number of halogens is 2. The van der Waals surface area contributed by atoms with Crippen LogP contribution in [0.1, 0.15) is 0 Å². The lowest BCUT2D eigenvalue weighted by Crippen LogP contribution is -1.90. The van der Waals surface area contributed by atoms with E-state index >= 15 is 0 Å². The molecule has 1 N–H and O–H groups in total. The fourth-order valence-corrected chi connectivity index (χ4v) is 2.26. The lowest BCUT2D eigenvalue weighted by atomic mass is 10.2. The van der Waals surface area contributed by atoms with Gasteiger partial charge in [0, 0.05) is 10.0 Å². The predicted molar refractivity (Wildman–Crippen MR) is 75.5 cm³/mol. The number of aromatic nitrogens is 3. The van der Waals surface area contributed by atoms with Crippen LogP contribution in [-0.4, -0.2) is 19.7 Å². The van der Waals surface area contributed by atoms with Crippen LogP contribution in [0.15, 0.2) is 45.5 Å². The van der Waals surface area contributed by atoms with E-state index in [1.54, 1.807) is 12.1 Å². The van der Waals surface area contributed by atoms with Crippen molar-refractivity contribution in [2.45, 2.75) is 0 Å². The first-order chi connectivity index (χ1) is 8.65. The van der Waals surface area contributed by atoms with Crippen molar-refractivity contribution in [2.24, 2.45) is 0 Å². The third-order valence-electron chi connectivity index (χ3n) is 2.54. The van der Waals surface area contributed by atoms with E-state index in [0.717, 1.165) is 10.0 Å². The fourth-order valence-electron chi connectivity index (χ4n) is 1.70. The maximum Gasteiger partial charge on any atom is 0.241 e. The summed E-state index contributed by atoms with van der Waals surface area (Å²) in [6, 6.07) is 11.2. The molecule has 3 rings (SSSR count). The highest BCUT2D eigenvalue weighted by molar-refractivity contribution is 9.10. The first kappa shape index (κ1) is 11.7. The van der Waals surface area contributed by atoms with Crippen molar-refractivity contribution in [3.63, 3.8) is 0 Å². The molecule has 0 amide bonds. The molecule has 0 unspecified atom stereocenters. The molecule has 0 aliphatic carbocycles. The molecule has 3 aromatic rings. The Morgan fingerprint density at radius 3 is 2.44 bits per heavy atom. The van der Waals surface area contributed by atoms with E-state index in [4.69, 9.17) is 0 Å². The Balaban J connectivity index is 2.23. The van der Waals surface area contributed by atoms with E-state index in [2.05, 4.69) is 41.9 Å². The van der Waals surface area contributed by atoms with Crippen LogP contribution in [0.25, 0.3) is 16.9 Å². The van der Waals surface area contributed by atoms with Crippen LogP contribution in [0.2, 0.25) is 0 Å². The number of imidazole rings is 1. The van der Waals surface area contributed by atoms with Crippen molar-refractivity contribution in [1.82, 2.24) is 14.6 Å². The first-order valence-corrected chi connectivity index (χ1v) is 6.74. The summed E-state index contributed by atoms with van der Waals surface area (Å²) in [4.78, 5) is 4.37. The molecule has 0 saturated heterocycles. The highest BCUT2D eigenvalue weighted by atomic mass is 79.9. The minimum atomic E-state index is 0.0358. The zero-order valence-corrected chi connectivity index (χ0v) is 12.2. The van der Waals surface area contributed by atoms with Crippen LogP contribution in [0.5, 0.6) is 5.88 Å². The Hall–Kier alpha value is -1.40. The molecule has 0 fully saturated rings. The summed E-state index contributed by atoms with van der Waals surface area (Å²) in [5, 5.41) is 14.3. The van der Waals surface area contributed by atoms with Crippen molar-refractivity contribution in [1.29, 1.82) is 0 Å². The van der Waals surface area contributed by atoms with E-state index in [1.165, 1.54) is 4.52 Å². The van der Waals surface area contributed by atoms with Crippen molar-refractivity contribution in [3.05, 3.63) is 45.5 Å². The summed E-state index contributed by atoms with van der Waals surface area (Å²) in [5.74, 6) is 0.0358. The normalized spacial score (nSPS) is 11.0. The summed E-state index contributed by atoms with van der Waals surface area (Å²) in [6.07, 6.45) is 0. The molecule has 0 saturated carbocycles. The number of aromatic hydroxyl groups is 1. The van der Waals surface area contributed by atoms with Gasteiger partial charge in [0.05, 0.1) is 0 Å². The van der Waals surface area contributed by atoms with E-state index in [0.29, 0.717) is 15.9 Å². The second-order valence-electron chi connectivity index (χ2n) is 3.72. The van der Waals surface area contributed by atoms with Crippen molar-refractivity contribution >= 4 is 37.5 Å². The molecule has 90 valence electrons. The lowest BCUT2D eigenvalue weighted by Gasteiger charge is -1.98. The molecular formula is C12H7Br2N3O. The van der Waals surface area contributed by atoms with Crippen molar-refractivity contribution in [2.75, 3.05) is 0 Å². The predicted octanol–water partition coefficient (Wildman–Crippen LogP) is 3.63. The smallest absolute Gasteiger partial charge is 0.241 e. The SMILES string of the molecule is Oc1c(-c2ccc(Br)cc2)nc2ccc(Br)nn12. The summed E-state index contributed by atoms with van der Waals surface area (Å²) in [7, 11) is 0. The van der Waals surface area contributed by atoms with Gasteiger partial charge in [-0.2, -0.15) is 9.61 Å². The Kier molecular flexibility index (Phi) is 2.83. The molecule has 6 heteroatoms. The van der Waals surface area contributed by atoms with Crippen LogP contribution >= 0.6 is 31.9 Å². The molecular weight excluding hydrogens is 362 g/mol. The number of hydrogen-bond donors (Lipinski definition) is 1. The Bertz CT molecular complexity index is 722. The Morgan fingerprint density at radius 2 is 1.72 bits per heavy atom. The molecule has 18 heavy (non-hydrogen) atoms. The number of fused-ring (bicyclic) bond motifs is 1. The highest BCUT2D eigenvalue weighted by Gasteiger charge is 2.13. The summed E-state index contributed by atoms with van der Waals surface area (Å²) in [5.41, 5.74) is 1.97. The second kappa shape index (κ2) is 4.37. The Labute approximate surface area is 120 Å². The molecule has 2 aromatic heterocycles. The molecule has 0 spiro atoms. The number of rotatable bonds is 1. The summed E-state index contributed by atoms with van der Waals surface area (Å²) in [6.45, 7) is 0. The average molecular weight is 369 g/mol. The van der Waals surface area contributed by atoms with E-state index in [-0.39, 0.29) is 5.88 Å². The van der Waals surface area contributed by atoms with Crippen LogP contribution in [0.3, 0.4) is 0 Å². The number of nitrogens with zero attached hydrogens (tertiary/aromatic N) is 3.